The normalized spacial score (nSPS) is 10.3. The topological polar surface area (TPSA) is 78.9 Å². The molecule has 0 atom stereocenters. The number of ether oxygens (including phenoxy) is 4. The van der Waals surface area contributed by atoms with E-state index in [4.69, 9.17) is 30.5 Å². The maximum atomic E-state index is 12.9. The van der Waals surface area contributed by atoms with E-state index in [-0.39, 0.29) is 11.1 Å². The molecular formula is C23H23ClN2O5. The van der Waals surface area contributed by atoms with Crippen LogP contribution in [0.4, 0.5) is 0 Å². The summed E-state index contributed by atoms with van der Waals surface area (Å²) < 4.78 is 21.8. The summed E-state index contributed by atoms with van der Waals surface area (Å²) in [5, 5.41) is 3.10. The molecule has 8 heteroatoms. The van der Waals surface area contributed by atoms with Crippen molar-refractivity contribution in [1.29, 1.82) is 0 Å². The van der Waals surface area contributed by atoms with Gasteiger partial charge in [-0.25, -0.2) is 4.98 Å². The molecule has 0 aliphatic carbocycles. The quantitative estimate of drug-likeness (QED) is 0.394. The molecule has 1 heterocycles. The first-order valence-electron chi connectivity index (χ1n) is 9.50. The number of para-hydroxylation sites is 1. The molecule has 0 aliphatic heterocycles. The molecule has 1 N–H and O–H groups in total. The van der Waals surface area contributed by atoms with Crippen LogP contribution in [0, 0.1) is 0 Å². The van der Waals surface area contributed by atoms with Crippen LogP contribution in [0.25, 0.3) is 11.3 Å². The van der Waals surface area contributed by atoms with Crippen molar-refractivity contribution in [2.24, 2.45) is 0 Å². The van der Waals surface area contributed by atoms with Crippen molar-refractivity contribution in [2.75, 3.05) is 34.5 Å². The van der Waals surface area contributed by atoms with Crippen molar-refractivity contribution in [3.63, 3.8) is 0 Å². The number of nitrogens with one attached hydrogen (secondary N) is 1. The predicted octanol–water partition coefficient (Wildman–Crippen LogP) is 4.24. The van der Waals surface area contributed by atoms with Crippen LogP contribution in [0.15, 0.2) is 54.6 Å². The Labute approximate surface area is 185 Å². The van der Waals surface area contributed by atoms with Gasteiger partial charge in [-0.1, -0.05) is 29.8 Å². The maximum absolute atomic E-state index is 12.9. The summed E-state index contributed by atoms with van der Waals surface area (Å²) in [4.78, 5) is 17.2. The summed E-state index contributed by atoms with van der Waals surface area (Å²) in [6, 6.07) is 16.0. The second-order valence-electron chi connectivity index (χ2n) is 6.36. The zero-order chi connectivity index (χ0) is 22.2. The number of pyridine rings is 1. The molecule has 7 nitrogen and oxygen atoms in total. The Morgan fingerprint density at radius 2 is 1.65 bits per heavy atom. The van der Waals surface area contributed by atoms with E-state index in [1.807, 2.05) is 30.3 Å². The predicted molar refractivity (Wildman–Crippen MR) is 119 cm³/mol. The second-order valence-corrected chi connectivity index (χ2v) is 6.75. The van der Waals surface area contributed by atoms with Gasteiger partial charge < -0.3 is 24.3 Å². The lowest BCUT2D eigenvalue weighted by molar-refractivity contribution is 0.0947. The molecule has 0 spiro atoms. The summed E-state index contributed by atoms with van der Waals surface area (Å²) in [7, 11) is 4.56. The van der Waals surface area contributed by atoms with Gasteiger partial charge in [-0.2, -0.15) is 0 Å². The van der Waals surface area contributed by atoms with E-state index in [1.165, 1.54) is 21.3 Å². The van der Waals surface area contributed by atoms with Gasteiger partial charge in [-0.15, -0.1) is 0 Å². The van der Waals surface area contributed by atoms with Gasteiger partial charge >= 0.3 is 0 Å². The number of halogens is 1. The van der Waals surface area contributed by atoms with Crippen molar-refractivity contribution in [3.05, 3.63) is 65.3 Å². The van der Waals surface area contributed by atoms with Crippen LogP contribution in [0.1, 0.15) is 10.4 Å². The first-order chi connectivity index (χ1) is 15.1. The highest BCUT2D eigenvalue weighted by Gasteiger charge is 2.20. The Hall–Kier alpha value is -3.45. The molecular weight excluding hydrogens is 420 g/mol. The standard InChI is InChI=1S/C23H23ClN2O5/c1-28-18-13-15(14-19(29-2)22(18)30-3)21-17(9-10-20(24)26-21)23(27)25-11-12-31-16-7-5-4-6-8-16/h4-10,13-14H,11-12H2,1-3H3,(H,25,27). The number of aromatic nitrogens is 1. The van der Waals surface area contributed by atoms with Crippen molar-refractivity contribution >= 4 is 17.5 Å². The fourth-order valence-corrected chi connectivity index (χ4v) is 3.15. The van der Waals surface area contributed by atoms with Crippen LogP contribution in [-0.2, 0) is 0 Å². The van der Waals surface area contributed by atoms with E-state index >= 15 is 0 Å². The first kappa shape index (κ1) is 22.2. The van der Waals surface area contributed by atoms with Gasteiger partial charge in [0.15, 0.2) is 11.5 Å². The van der Waals surface area contributed by atoms with Crippen molar-refractivity contribution in [3.8, 4) is 34.3 Å². The van der Waals surface area contributed by atoms with Crippen molar-refractivity contribution < 1.29 is 23.7 Å². The fourth-order valence-electron chi connectivity index (χ4n) is 3.00. The van der Waals surface area contributed by atoms with E-state index < -0.39 is 0 Å². The molecule has 0 fully saturated rings. The third-order valence-corrected chi connectivity index (χ3v) is 4.65. The Bertz CT molecular complexity index is 1020. The molecule has 162 valence electrons. The van der Waals surface area contributed by atoms with E-state index in [0.29, 0.717) is 47.2 Å². The molecule has 0 radical (unpaired) electrons. The van der Waals surface area contributed by atoms with E-state index in [0.717, 1.165) is 5.75 Å². The molecule has 31 heavy (non-hydrogen) atoms. The van der Waals surface area contributed by atoms with Crippen LogP contribution < -0.4 is 24.3 Å². The van der Waals surface area contributed by atoms with Gasteiger partial charge in [-0.05, 0) is 36.4 Å². The Balaban J connectivity index is 1.83. The molecule has 0 aliphatic rings. The molecule has 1 aromatic heterocycles. The highest BCUT2D eigenvalue weighted by atomic mass is 35.5. The lowest BCUT2D eigenvalue weighted by Gasteiger charge is -2.15. The number of methoxy groups -OCH3 is 3. The number of hydrogen-bond donors (Lipinski definition) is 1. The van der Waals surface area contributed by atoms with Crippen molar-refractivity contribution in [2.45, 2.75) is 0 Å². The minimum absolute atomic E-state index is 0.257. The molecule has 0 bridgehead atoms. The number of hydrogen-bond acceptors (Lipinski definition) is 6. The summed E-state index contributed by atoms with van der Waals surface area (Å²) in [5.74, 6) is 1.77. The minimum atomic E-state index is -0.301. The minimum Gasteiger partial charge on any atom is -0.493 e. The Morgan fingerprint density at radius 1 is 0.968 bits per heavy atom. The molecule has 0 unspecified atom stereocenters. The van der Waals surface area contributed by atoms with Crippen LogP contribution in [0.2, 0.25) is 5.15 Å². The Morgan fingerprint density at radius 3 is 2.26 bits per heavy atom. The number of nitrogens with zero attached hydrogens (tertiary/aromatic N) is 1. The first-order valence-corrected chi connectivity index (χ1v) is 9.88. The Kier molecular flexibility index (Phi) is 7.56. The lowest BCUT2D eigenvalue weighted by atomic mass is 10.0. The SMILES string of the molecule is COc1cc(-c2nc(Cl)ccc2C(=O)NCCOc2ccccc2)cc(OC)c1OC. The summed E-state index contributed by atoms with van der Waals surface area (Å²) in [6.07, 6.45) is 0. The van der Waals surface area contributed by atoms with Crippen LogP contribution in [0.3, 0.4) is 0 Å². The fraction of sp³-hybridized carbons (Fsp3) is 0.217. The molecule has 3 aromatic rings. The van der Waals surface area contributed by atoms with E-state index in [2.05, 4.69) is 10.3 Å². The molecule has 0 saturated carbocycles. The zero-order valence-corrected chi connectivity index (χ0v) is 18.2. The largest absolute Gasteiger partial charge is 0.493 e. The highest BCUT2D eigenvalue weighted by molar-refractivity contribution is 6.29. The van der Waals surface area contributed by atoms with Gasteiger partial charge in [0.25, 0.3) is 5.91 Å². The molecule has 3 rings (SSSR count). The third kappa shape index (κ3) is 5.38. The molecule has 2 aromatic carbocycles. The molecule has 1 amide bonds. The van der Waals surface area contributed by atoms with Gasteiger partial charge in [0.1, 0.15) is 17.5 Å². The molecule has 0 saturated heterocycles. The zero-order valence-electron chi connectivity index (χ0n) is 17.5. The number of benzene rings is 2. The highest BCUT2D eigenvalue weighted by Crippen LogP contribution is 2.41. The summed E-state index contributed by atoms with van der Waals surface area (Å²) in [5.41, 5.74) is 1.36. The van der Waals surface area contributed by atoms with Gasteiger partial charge in [0.2, 0.25) is 5.75 Å². The summed E-state index contributed by atoms with van der Waals surface area (Å²) in [6.45, 7) is 0.654. The number of carbonyl (C=O) groups is 1. The van der Waals surface area contributed by atoms with Crippen molar-refractivity contribution in [1.82, 2.24) is 10.3 Å². The average Bonchev–Trinajstić information content (AvgIpc) is 2.81. The number of amides is 1. The second kappa shape index (κ2) is 10.5. The number of rotatable bonds is 9. The lowest BCUT2D eigenvalue weighted by Crippen LogP contribution is -2.28. The van der Waals surface area contributed by atoms with Gasteiger partial charge in [-0.3, -0.25) is 4.79 Å². The van der Waals surface area contributed by atoms with E-state index in [1.54, 1.807) is 24.3 Å². The number of carbonyl (C=O) groups excluding carboxylic acids is 1. The average molecular weight is 443 g/mol. The van der Waals surface area contributed by atoms with Crippen LogP contribution >= 0.6 is 11.6 Å². The van der Waals surface area contributed by atoms with E-state index in [9.17, 15) is 4.79 Å². The third-order valence-electron chi connectivity index (χ3n) is 4.44. The van der Waals surface area contributed by atoms with Gasteiger partial charge in [0, 0.05) is 5.56 Å². The van der Waals surface area contributed by atoms with Crippen LogP contribution in [0.5, 0.6) is 23.0 Å². The smallest absolute Gasteiger partial charge is 0.253 e. The van der Waals surface area contributed by atoms with Crippen LogP contribution in [-0.4, -0.2) is 45.4 Å². The van der Waals surface area contributed by atoms with Gasteiger partial charge in [0.05, 0.1) is 39.1 Å². The monoisotopic (exact) mass is 442 g/mol. The summed E-state index contributed by atoms with van der Waals surface area (Å²) >= 11 is 6.12. The maximum Gasteiger partial charge on any atom is 0.253 e.